The van der Waals surface area contributed by atoms with E-state index in [4.69, 9.17) is 4.74 Å². The molecule has 4 rings (SSSR count). The van der Waals surface area contributed by atoms with Crippen LogP contribution < -0.4 is 15.0 Å². The fourth-order valence-electron chi connectivity index (χ4n) is 3.74. The van der Waals surface area contributed by atoms with Gasteiger partial charge in [0.15, 0.2) is 0 Å². The molecule has 5 nitrogen and oxygen atoms in total. The van der Waals surface area contributed by atoms with Crippen LogP contribution in [0.2, 0.25) is 0 Å². The summed E-state index contributed by atoms with van der Waals surface area (Å²) in [7, 11) is 1.60. The van der Waals surface area contributed by atoms with Gasteiger partial charge in [0.2, 0.25) is 5.91 Å². The largest absolute Gasteiger partial charge is 0.497 e. The van der Waals surface area contributed by atoms with Crippen LogP contribution in [-0.2, 0) is 22.6 Å². The minimum atomic E-state index is -0.118. The van der Waals surface area contributed by atoms with Gasteiger partial charge < -0.3 is 15.0 Å². The molecule has 2 amide bonds. The van der Waals surface area contributed by atoms with Crippen LogP contribution in [0.3, 0.4) is 0 Å². The molecule has 0 radical (unpaired) electrons. The van der Waals surface area contributed by atoms with E-state index < -0.39 is 0 Å². The predicted octanol–water partition coefficient (Wildman–Crippen LogP) is 6.12. The SMILES string of the molecule is COc1ccc(NC(=O)Cc2ccc(N(Cc3ccccc3)C(=O)/C=C/c3ccccc3)cc2)cc1. The number of hydrogen-bond acceptors (Lipinski definition) is 3. The Morgan fingerprint density at radius 2 is 1.42 bits per heavy atom. The molecule has 0 aliphatic carbocycles. The number of nitrogens with zero attached hydrogens (tertiary/aromatic N) is 1. The van der Waals surface area contributed by atoms with Crippen LogP contribution in [0.4, 0.5) is 11.4 Å². The molecule has 36 heavy (non-hydrogen) atoms. The molecular weight excluding hydrogens is 448 g/mol. The maximum Gasteiger partial charge on any atom is 0.251 e. The number of hydrogen-bond donors (Lipinski definition) is 1. The number of benzene rings is 4. The number of carbonyl (C=O) groups excluding carboxylic acids is 2. The van der Waals surface area contributed by atoms with E-state index in [0.29, 0.717) is 12.2 Å². The maximum absolute atomic E-state index is 13.2. The Kier molecular flexibility index (Phi) is 8.28. The van der Waals surface area contributed by atoms with Crippen molar-refractivity contribution < 1.29 is 14.3 Å². The van der Waals surface area contributed by atoms with E-state index in [1.807, 2.05) is 91.0 Å². The second-order valence-electron chi connectivity index (χ2n) is 8.27. The van der Waals surface area contributed by atoms with Crippen molar-refractivity contribution in [3.63, 3.8) is 0 Å². The van der Waals surface area contributed by atoms with E-state index in [-0.39, 0.29) is 18.2 Å². The lowest BCUT2D eigenvalue weighted by molar-refractivity contribution is -0.116. The van der Waals surface area contributed by atoms with Gasteiger partial charge in [-0.15, -0.1) is 0 Å². The molecule has 0 heterocycles. The quantitative estimate of drug-likeness (QED) is 0.296. The van der Waals surface area contributed by atoms with Gasteiger partial charge in [0.05, 0.1) is 20.1 Å². The zero-order valence-corrected chi connectivity index (χ0v) is 20.1. The fourth-order valence-corrected chi connectivity index (χ4v) is 3.74. The number of nitrogens with one attached hydrogen (secondary N) is 1. The third-order valence-corrected chi connectivity index (χ3v) is 5.65. The minimum Gasteiger partial charge on any atom is -0.497 e. The Balaban J connectivity index is 1.46. The van der Waals surface area contributed by atoms with Crippen molar-refractivity contribution in [1.82, 2.24) is 0 Å². The lowest BCUT2D eigenvalue weighted by Gasteiger charge is -2.22. The molecule has 0 fully saturated rings. The first-order valence-electron chi connectivity index (χ1n) is 11.7. The number of carbonyl (C=O) groups is 2. The standard InChI is InChI=1S/C31H28N2O3/c1-36-29-19-15-27(16-20-29)32-30(34)22-25-12-17-28(18-13-25)33(23-26-10-6-3-7-11-26)31(35)21-14-24-8-4-2-5-9-24/h2-21H,22-23H2,1H3,(H,32,34)/b21-14+. The molecule has 4 aromatic carbocycles. The number of ether oxygens (including phenoxy) is 1. The number of amides is 2. The summed E-state index contributed by atoms with van der Waals surface area (Å²) in [5.41, 5.74) is 4.32. The van der Waals surface area contributed by atoms with Crippen LogP contribution in [0.5, 0.6) is 5.75 Å². The second-order valence-corrected chi connectivity index (χ2v) is 8.27. The highest BCUT2D eigenvalue weighted by molar-refractivity contribution is 6.03. The third kappa shape index (κ3) is 6.93. The minimum absolute atomic E-state index is 0.115. The van der Waals surface area contributed by atoms with E-state index in [0.717, 1.165) is 28.1 Å². The van der Waals surface area contributed by atoms with Crippen molar-refractivity contribution >= 4 is 29.3 Å². The number of rotatable bonds is 9. The Morgan fingerprint density at radius 1 is 0.778 bits per heavy atom. The van der Waals surface area contributed by atoms with Crippen LogP contribution in [0.1, 0.15) is 16.7 Å². The Morgan fingerprint density at radius 3 is 2.06 bits per heavy atom. The molecule has 0 aliphatic heterocycles. The van der Waals surface area contributed by atoms with Crippen LogP contribution in [0.15, 0.2) is 115 Å². The number of methoxy groups -OCH3 is 1. The van der Waals surface area contributed by atoms with Crippen LogP contribution in [-0.4, -0.2) is 18.9 Å². The molecule has 0 saturated heterocycles. The first-order chi connectivity index (χ1) is 17.6. The van der Waals surface area contributed by atoms with Gasteiger partial charge in [0.1, 0.15) is 5.75 Å². The van der Waals surface area contributed by atoms with Gasteiger partial charge in [-0.1, -0.05) is 72.8 Å². The lowest BCUT2D eigenvalue weighted by atomic mass is 10.1. The van der Waals surface area contributed by atoms with Crippen molar-refractivity contribution in [2.24, 2.45) is 0 Å². The first-order valence-corrected chi connectivity index (χ1v) is 11.7. The maximum atomic E-state index is 13.2. The van der Waals surface area contributed by atoms with E-state index in [9.17, 15) is 9.59 Å². The van der Waals surface area contributed by atoms with Crippen molar-refractivity contribution in [3.05, 3.63) is 132 Å². The van der Waals surface area contributed by atoms with Crippen LogP contribution in [0.25, 0.3) is 6.08 Å². The summed E-state index contributed by atoms with van der Waals surface area (Å²) >= 11 is 0. The van der Waals surface area contributed by atoms with Crippen LogP contribution in [0, 0.1) is 0 Å². The summed E-state index contributed by atoms with van der Waals surface area (Å²) in [6.45, 7) is 0.441. The van der Waals surface area contributed by atoms with Crippen molar-refractivity contribution in [3.8, 4) is 5.75 Å². The summed E-state index contributed by atoms with van der Waals surface area (Å²) in [5, 5.41) is 2.89. The van der Waals surface area contributed by atoms with Crippen molar-refractivity contribution in [2.45, 2.75) is 13.0 Å². The van der Waals surface area contributed by atoms with E-state index in [1.54, 1.807) is 42.4 Å². The Bertz CT molecular complexity index is 1300. The molecule has 5 heteroatoms. The highest BCUT2D eigenvalue weighted by atomic mass is 16.5. The van der Waals surface area contributed by atoms with E-state index in [2.05, 4.69) is 5.32 Å². The molecule has 180 valence electrons. The average Bonchev–Trinajstić information content (AvgIpc) is 2.92. The first kappa shape index (κ1) is 24.5. The lowest BCUT2D eigenvalue weighted by Crippen LogP contribution is -2.28. The normalized spacial score (nSPS) is 10.7. The summed E-state index contributed by atoms with van der Waals surface area (Å²) in [4.78, 5) is 27.4. The molecule has 0 unspecified atom stereocenters. The highest BCUT2D eigenvalue weighted by Crippen LogP contribution is 2.21. The molecule has 1 N–H and O–H groups in total. The van der Waals surface area contributed by atoms with Gasteiger partial charge in [0, 0.05) is 17.5 Å². The molecule has 0 saturated carbocycles. The highest BCUT2D eigenvalue weighted by Gasteiger charge is 2.15. The van der Waals surface area contributed by atoms with Gasteiger partial charge >= 0.3 is 0 Å². The van der Waals surface area contributed by atoms with E-state index >= 15 is 0 Å². The fraction of sp³-hybridized carbons (Fsp3) is 0.0968. The van der Waals surface area contributed by atoms with Gasteiger partial charge in [-0.05, 0) is 59.2 Å². The van der Waals surface area contributed by atoms with Crippen molar-refractivity contribution in [2.75, 3.05) is 17.3 Å². The Labute approximate surface area is 211 Å². The van der Waals surface area contributed by atoms with E-state index in [1.165, 1.54) is 0 Å². The molecule has 0 bridgehead atoms. The van der Waals surface area contributed by atoms with Gasteiger partial charge in [-0.2, -0.15) is 0 Å². The molecule has 0 atom stereocenters. The summed E-state index contributed by atoms with van der Waals surface area (Å²) in [6.07, 6.45) is 3.64. The third-order valence-electron chi connectivity index (χ3n) is 5.65. The molecule has 0 spiro atoms. The summed E-state index contributed by atoms with van der Waals surface area (Å²) in [5.74, 6) is 0.500. The predicted molar refractivity (Wildman–Crippen MR) is 145 cm³/mol. The average molecular weight is 477 g/mol. The van der Waals surface area contributed by atoms with Gasteiger partial charge in [0.25, 0.3) is 5.91 Å². The molecule has 0 aliphatic rings. The molecular formula is C31H28N2O3. The van der Waals surface area contributed by atoms with Crippen LogP contribution >= 0.6 is 0 Å². The number of anilines is 2. The second kappa shape index (κ2) is 12.2. The topological polar surface area (TPSA) is 58.6 Å². The molecule has 4 aromatic rings. The van der Waals surface area contributed by atoms with Crippen molar-refractivity contribution in [1.29, 1.82) is 0 Å². The summed E-state index contributed by atoms with van der Waals surface area (Å²) in [6, 6.07) is 34.3. The van der Waals surface area contributed by atoms with Gasteiger partial charge in [-0.25, -0.2) is 0 Å². The summed E-state index contributed by atoms with van der Waals surface area (Å²) < 4.78 is 5.15. The Hall–Kier alpha value is -4.64. The molecule has 0 aromatic heterocycles. The zero-order chi connectivity index (χ0) is 25.2. The smallest absolute Gasteiger partial charge is 0.251 e. The zero-order valence-electron chi connectivity index (χ0n) is 20.1. The monoisotopic (exact) mass is 476 g/mol. The van der Waals surface area contributed by atoms with Gasteiger partial charge in [-0.3, -0.25) is 9.59 Å².